The standard InChI is InChI=1S/C16H15NO3S/c1-21-15-5-3-2-4-12(15)17-16(18)11-6-7-13-14(10-11)20-9-8-19-13/h2-7,10H,8-9H2,1H3,(H,17,18). The van der Waals surface area contributed by atoms with E-state index in [2.05, 4.69) is 5.32 Å². The minimum absolute atomic E-state index is 0.159. The molecule has 108 valence electrons. The van der Waals surface area contributed by atoms with Crippen LogP contribution in [0.4, 0.5) is 5.69 Å². The molecule has 1 heterocycles. The van der Waals surface area contributed by atoms with Gasteiger partial charge in [0.1, 0.15) is 13.2 Å². The van der Waals surface area contributed by atoms with Crippen molar-refractivity contribution in [1.29, 1.82) is 0 Å². The largest absolute Gasteiger partial charge is 0.486 e. The predicted molar refractivity (Wildman–Crippen MR) is 83.6 cm³/mol. The first-order chi connectivity index (χ1) is 10.3. The quantitative estimate of drug-likeness (QED) is 0.882. The molecule has 2 aromatic carbocycles. The Morgan fingerprint density at radius 2 is 1.86 bits per heavy atom. The van der Waals surface area contributed by atoms with E-state index in [1.54, 1.807) is 30.0 Å². The molecule has 3 rings (SSSR count). The second-order valence-electron chi connectivity index (χ2n) is 4.51. The molecular weight excluding hydrogens is 286 g/mol. The number of hydrogen-bond acceptors (Lipinski definition) is 4. The van der Waals surface area contributed by atoms with Gasteiger partial charge in [-0.1, -0.05) is 12.1 Å². The van der Waals surface area contributed by atoms with Crippen LogP contribution >= 0.6 is 11.8 Å². The molecule has 0 saturated heterocycles. The molecule has 21 heavy (non-hydrogen) atoms. The van der Waals surface area contributed by atoms with Crippen molar-refractivity contribution in [3.05, 3.63) is 48.0 Å². The van der Waals surface area contributed by atoms with E-state index in [1.807, 2.05) is 30.5 Å². The van der Waals surface area contributed by atoms with Crippen molar-refractivity contribution in [3.63, 3.8) is 0 Å². The maximum absolute atomic E-state index is 12.4. The van der Waals surface area contributed by atoms with Crippen LogP contribution in [0, 0.1) is 0 Å². The SMILES string of the molecule is CSc1ccccc1NC(=O)c1ccc2c(c1)OCCO2. The van der Waals surface area contributed by atoms with Gasteiger partial charge in [0.25, 0.3) is 5.91 Å². The van der Waals surface area contributed by atoms with Crippen molar-refractivity contribution < 1.29 is 14.3 Å². The highest BCUT2D eigenvalue weighted by molar-refractivity contribution is 7.98. The van der Waals surface area contributed by atoms with Gasteiger partial charge >= 0.3 is 0 Å². The molecule has 0 bridgehead atoms. The minimum atomic E-state index is -0.159. The van der Waals surface area contributed by atoms with Gasteiger partial charge in [-0.05, 0) is 36.6 Å². The number of carbonyl (C=O) groups excluding carboxylic acids is 1. The number of nitrogens with one attached hydrogen (secondary N) is 1. The van der Waals surface area contributed by atoms with E-state index < -0.39 is 0 Å². The minimum Gasteiger partial charge on any atom is -0.486 e. The highest BCUT2D eigenvalue weighted by atomic mass is 32.2. The fraction of sp³-hybridized carbons (Fsp3) is 0.188. The Kier molecular flexibility index (Phi) is 4.01. The molecule has 0 unspecified atom stereocenters. The lowest BCUT2D eigenvalue weighted by atomic mass is 10.1. The Hall–Kier alpha value is -2.14. The predicted octanol–water partition coefficient (Wildman–Crippen LogP) is 3.43. The summed E-state index contributed by atoms with van der Waals surface area (Å²) in [7, 11) is 0. The molecule has 1 aliphatic heterocycles. The van der Waals surface area contributed by atoms with Crippen LogP contribution in [0.1, 0.15) is 10.4 Å². The number of ether oxygens (including phenoxy) is 2. The highest BCUT2D eigenvalue weighted by Gasteiger charge is 2.15. The monoisotopic (exact) mass is 301 g/mol. The molecule has 0 atom stereocenters. The van der Waals surface area contributed by atoms with Crippen LogP contribution in [-0.2, 0) is 0 Å². The van der Waals surface area contributed by atoms with Gasteiger partial charge in [0.15, 0.2) is 11.5 Å². The van der Waals surface area contributed by atoms with Crippen molar-refractivity contribution in [2.45, 2.75) is 4.90 Å². The summed E-state index contributed by atoms with van der Waals surface area (Å²) in [5.41, 5.74) is 1.36. The Bertz CT molecular complexity index is 672. The first-order valence-electron chi connectivity index (χ1n) is 6.62. The van der Waals surface area contributed by atoms with Crippen LogP contribution in [0.2, 0.25) is 0 Å². The van der Waals surface area contributed by atoms with Gasteiger partial charge in [0.05, 0.1) is 5.69 Å². The van der Waals surface area contributed by atoms with E-state index in [-0.39, 0.29) is 5.91 Å². The van der Waals surface area contributed by atoms with Crippen molar-refractivity contribution >= 4 is 23.4 Å². The molecule has 0 fully saturated rings. The Morgan fingerprint density at radius 1 is 1.10 bits per heavy atom. The van der Waals surface area contributed by atoms with E-state index >= 15 is 0 Å². The number of fused-ring (bicyclic) bond motifs is 1. The average molecular weight is 301 g/mol. The van der Waals surface area contributed by atoms with Crippen molar-refractivity contribution in [2.24, 2.45) is 0 Å². The van der Waals surface area contributed by atoms with Crippen LogP contribution in [0.5, 0.6) is 11.5 Å². The zero-order valence-corrected chi connectivity index (χ0v) is 12.4. The molecule has 4 nitrogen and oxygen atoms in total. The van der Waals surface area contributed by atoms with Crippen LogP contribution < -0.4 is 14.8 Å². The van der Waals surface area contributed by atoms with E-state index in [0.29, 0.717) is 30.3 Å². The van der Waals surface area contributed by atoms with E-state index in [0.717, 1.165) is 10.6 Å². The third kappa shape index (κ3) is 2.97. The van der Waals surface area contributed by atoms with Gasteiger partial charge in [0.2, 0.25) is 0 Å². The lowest BCUT2D eigenvalue weighted by Gasteiger charge is -2.18. The van der Waals surface area contributed by atoms with Crippen molar-refractivity contribution in [3.8, 4) is 11.5 Å². The highest BCUT2D eigenvalue weighted by Crippen LogP contribution is 2.31. The number of carbonyl (C=O) groups is 1. The van der Waals surface area contributed by atoms with Gasteiger partial charge in [-0.15, -0.1) is 11.8 Å². The average Bonchev–Trinajstić information content (AvgIpc) is 2.55. The maximum atomic E-state index is 12.4. The number of rotatable bonds is 3. The third-order valence-corrected chi connectivity index (χ3v) is 3.96. The van der Waals surface area contributed by atoms with Crippen LogP contribution in [0.3, 0.4) is 0 Å². The second-order valence-corrected chi connectivity index (χ2v) is 5.36. The molecule has 1 aliphatic rings. The lowest BCUT2D eigenvalue weighted by Crippen LogP contribution is -2.17. The summed E-state index contributed by atoms with van der Waals surface area (Å²) >= 11 is 1.60. The van der Waals surface area contributed by atoms with Gasteiger partial charge in [0, 0.05) is 10.5 Å². The Balaban J connectivity index is 1.82. The molecule has 0 radical (unpaired) electrons. The summed E-state index contributed by atoms with van der Waals surface area (Å²) < 4.78 is 11.0. The summed E-state index contributed by atoms with van der Waals surface area (Å²) in [5, 5.41) is 2.93. The second kappa shape index (κ2) is 6.10. The van der Waals surface area contributed by atoms with E-state index in [1.165, 1.54) is 0 Å². The lowest BCUT2D eigenvalue weighted by molar-refractivity contribution is 0.102. The zero-order valence-electron chi connectivity index (χ0n) is 11.6. The smallest absolute Gasteiger partial charge is 0.255 e. The Labute approximate surface area is 127 Å². The number of hydrogen-bond donors (Lipinski definition) is 1. The normalized spacial score (nSPS) is 12.8. The third-order valence-electron chi connectivity index (χ3n) is 3.16. The number of thioether (sulfide) groups is 1. The number of amides is 1. The molecule has 2 aromatic rings. The van der Waals surface area contributed by atoms with Crippen molar-refractivity contribution in [1.82, 2.24) is 0 Å². The van der Waals surface area contributed by atoms with E-state index in [4.69, 9.17) is 9.47 Å². The summed E-state index contributed by atoms with van der Waals surface area (Å²) in [6.45, 7) is 1.05. The molecule has 0 aliphatic carbocycles. The molecule has 1 N–H and O–H groups in total. The van der Waals surface area contributed by atoms with Crippen molar-refractivity contribution in [2.75, 3.05) is 24.8 Å². The maximum Gasteiger partial charge on any atom is 0.255 e. The first kappa shape index (κ1) is 13.8. The topological polar surface area (TPSA) is 47.6 Å². The zero-order chi connectivity index (χ0) is 14.7. The first-order valence-corrected chi connectivity index (χ1v) is 7.84. The summed E-state index contributed by atoms with van der Waals surface area (Å²) in [6.07, 6.45) is 1.98. The molecular formula is C16H15NO3S. The van der Waals surface area contributed by atoms with Crippen LogP contribution in [-0.4, -0.2) is 25.4 Å². The Morgan fingerprint density at radius 3 is 2.67 bits per heavy atom. The fourth-order valence-corrected chi connectivity index (χ4v) is 2.68. The molecule has 1 amide bonds. The summed E-state index contributed by atoms with van der Waals surface area (Å²) in [4.78, 5) is 13.4. The van der Waals surface area contributed by atoms with Gasteiger partial charge in [-0.25, -0.2) is 0 Å². The van der Waals surface area contributed by atoms with E-state index in [9.17, 15) is 4.79 Å². The molecule has 0 aromatic heterocycles. The van der Waals surface area contributed by atoms with Gasteiger partial charge < -0.3 is 14.8 Å². The molecule has 0 saturated carbocycles. The molecule has 0 spiro atoms. The van der Waals surface area contributed by atoms with Crippen LogP contribution in [0.15, 0.2) is 47.4 Å². The summed E-state index contributed by atoms with van der Waals surface area (Å²) in [6, 6.07) is 12.9. The number of para-hydroxylation sites is 1. The number of anilines is 1. The fourth-order valence-electron chi connectivity index (χ4n) is 2.13. The van der Waals surface area contributed by atoms with Crippen LogP contribution in [0.25, 0.3) is 0 Å². The van der Waals surface area contributed by atoms with Gasteiger partial charge in [-0.3, -0.25) is 4.79 Å². The molecule has 5 heteroatoms. The number of benzene rings is 2. The van der Waals surface area contributed by atoms with Gasteiger partial charge in [-0.2, -0.15) is 0 Å². The summed E-state index contributed by atoms with van der Waals surface area (Å²) in [5.74, 6) is 1.14.